The number of hydrogen-bond donors (Lipinski definition) is 1. The Morgan fingerprint density at radius 1 is 1.24 bits per heavy atom. The third-order valence-corrected chi connectivity index (χ3v) is 2.65. The predicted octanol–water partition coefficient (Wildman–Crippen LogP) is 3.90. The van der Waals surface area contributed by atoms with Crippen molar-refractivity contribution in [2.24, 2.45) is 0 Å². The highest BCUT2D eigenvalue weighted by Gasteiger charge is 2.30. The Bertz CT molecular complexity index is 666. The highest BCUT2D eigenvalue weighted by Crippen LogP contribution is 2.31. The Morgan fingerprint density at radius 2 is 1.95 bits per heavy atom. The SMILES string of the molecule is Cc1ccc(C(=O)O)c(Oc2ccc(C(F)(F)F)cn2)c1. The van der Waals surface area contributed by atoms with Gasteiger partial charge in [-0.3, -0.25) is 0 Å². The average molecular weight is 297 g/mol. The molecule has 110 valence electrons. The van der Waals surface area contributed by atoms with Crippen LogP contribution in [0.15, 0.2) is 36.5 Å². The summed E-state index contributed by atoms with van der Waals surface area (Å²) >= 11 is 0. The largest absolute Gasteiger partial charge is 0.478 e. The van der Waals surface area contributed by atoms with Crippen LogP contribution < -0.4 is 4.74 Å². The van der Waals surface area contributed by atoms with Crippen molar-refractivity contribution in [1.29, 1.82) is 0 Å². The van der Waals surface area contributed by atoms with E-state index in [0.29, 0.717) is 6.20 Å². The molecule has 0 saturated heterocycles. The molecule has 4 nitrogen and oxygen atoms in total. The molecule has 7 heteroatoms. The molecule has 21 heavy (non-hydrogen) atoms. The van der Waals surface area contributed by atoms with Crippen molar-refractivity contribution in [3.05, 3.63) is 53.2 Å². The lowest BCUT2D eigenvalue weighted by molar-refractivity contribution is -0.137. The van der Waals surface area contributed by atoms with E-state index in [1.807, 2.05) is 0 Å². The number of ether oxygens (including phenoxy) is 1. The minimum atomic E-state index is -4.49. The number of rotatable bonds is 3. The molecule has 0 spiro atoms. The van der Waals surface area contributed by atoms with Gasteiger partial charge in [0.1, 0.15) is 11.3 Å². The summed E-state index contributed by atoms with van der Waals surface area (Å²) in [5.41, 5.74) is -0.248. The molecule has 0 fully saturated rings. The Kier molecular flexibility index (Phi) is 3.84. The molecule has 0 aliphatic carbocycles. The van der Waals surface area contributed by atoms with Crippen LogP contribution in [0.4, 0.5) is 13.2 Å². The number of pyridine rings is 1. The topological polar surface area (TPSA) is 59.4 Å². The molecule has 1 N–H and O–H groups in total. The van der Waals surface area contributed by atoms with Crippen LogP contribution in [-0.2, 0) is 6.18 Å². The number of benzene rings is 1. The molecule has 0 atom stereocenters. The van der Waals surface area contributed by atoms with Crippen LogP contribution in [0.3, 0.4) is 0 Å². The minimum Gasteiger partial charge on any atom is -0.478 e. The van der Waals surface area contributed by atoms with Gasteiger partial charge in [-0.2, -0.15) is 13.2 Å². The van der Waals surface area contributed by atoms with E-state index in [0.717, 1.165) is 17.7 Å². The maximum Gasteiger partial charge on any atom is 0.417 e. The summed E-state index contributed by atoms with van der Waals surface area (Å²) in [6.45, 7) is 1.73. The monoisotopic (exact) mass is 297 g/mol. The lowest BCUT2D eigenvalue weighted by atomic mass is 10.1. The normalized spacial score (nSPS) is 11.2. The predicted molar refractivity (Wildman–Crippen MR) is 67.5 cm³/mol. The van der Waals surface area contributed by atoms with E-state index in [9.17, 15) is 18.0 Å². The summed E-state index contributed by atoms with van der Waals surface area (Å²) in [5.74, 6) is -1.29. The van der Waals surface area contributed by atoms with Gasteiger partial charge in [0.05, 0.1) is 5.56 Å². The number of halogens is 3. The molecule has 1 aromatic carbocycles. The second-order valence-corrected chi connectivity index (χ2v) is 4.29. The van der Waals surface area contributed by atoms with Crippen LogP contribution in [0.5, 0.6) is 11.6 Å². The summed E-state index contributed by atoms with van der Waals surface area (Å²) in [4.78, 5) is 14.6. The summed E-state index contributed by atoms with van der Waals surface area (Å²) in [5, 5.41) is 9.04. The van der Waals surface area contributed by atoms with E-state index < -0.39 is 17.7 Å². The first-order valence-corrected chi connectivity index (χ1v) is 5.82. The highest BCUT2D eigenvalue weighted by molar-refractivity contribution is 5.91. The summed E-state index contributed by atoms with van der Waals surface area (Å²) in [6.07, 6.45) is -3.85. The zero-order valence-electron chi connectivity index (χ0n) is 10.8. The summed E-state index contributed by atoms with van der Waals surface area (Å²) in [6, 6.07) is 6.28. The maximum absolute atomic E-state index is 12.4. The second-order valence-electron chi connectivity index (χ2n) is 4.29. The van der Waals surface area contributed by atoms with Gasteiger partial charge in [0.25, 0.3) is 0 Å². The fourth-order valence-electron chi connectivity index (χ4n) is 1.61. The number of carboxylic acid groups (broad SMARTS) is 1. The third-order valence-electron chi connectivity index (χ3n) is 2.65. The van der Waals surface area contributed by atoms with Crippen molar-refractivity contribution < 1.29 is 27.8 Å². The first-order chi connectivity index (χ1) is 9.77. The molecule has 1 heterocycles. The quantitative estimate of drug-likeness (QED) is 0.933. The van der Waals surface area contributed by atoms with Gasteiger partial charge in [0.2, 0.25) is 5.88 Å². The van der Waals surface area contributed by atoms with Crippen molar-refractivity contribution in [1.82, 2.24) is 4.98 Å². The molecule has 0 amide bonds. The molecule has 0 radical (unpaired) electrons. The third kappa shape index (κ3) is 3.50. The number of aryl methyl sites for hydroxylation is 1. The van der Waals surface area contributed by atoms with Gasteiger partial charge in [-0.05, 0) is 30.7 Å². The smallest absolute Gasteiger partial charge is 0.417 e. The van der Waals surface area contributed by atoms with E-state index in [2.05, 4.69) is 4.98 Å². The molecule has 2 aromatic rings. The van der Waals surface area contributed by atoms with Crippen molar-refractivity contribution in [3.63, 3.8) is 0 Å². The van der Waals surface area contributed by atoms with Gasteiger partial charge >= 0.3 is 12.1 Å². The molecular weight excluding hydrogens is 287 g/mol. The van der Waals surface area contributed by atoms with Crippen molar-refractivity contribution >= 4 is 5.97 Å². The molecule has 0 aliphatic rings. The number of carbonyl (C=O) groups is 1. The van der Waals surface area contributed by atoms with Crippen molar-refractivity contribution in [2.75, 3.05) is 0 Å². The van der Waals surface area contributed by atoms with Crippen LogP contribution in [0.2, 0.25) is 0 Å². The number of carboxylic acids is 1. The van der Waals surface area contributed by atoms with Crippen LogP contribution >= 0.6 is 0 Å². The minimum absolute atomic E-state index is 0.0229. The van der Waals surface area contributed by atoms with Crippen LogP contribution in [-0.4, -0.2) is 16.1 Å². The lowest BCUT2D eigenvalue weighted by Gasteiger charge is -2.10. The Balaban J connectivity index is 2.30. The molecule has 0 aliphatic heterocycles. The standard InChI is InChI=1S/C14H10F3NO3/c1-8-2-4-10(13(19)20)11(6-8)21-12-5-3-9(7-18-12)14(15,16)17/h2-7H,1H3,(H,19,20). The molecule has 0 unspecified atom stereocenters. The number of hydrogen-bond acceptors (Lipinski definition) is 3. The summed E-state index contributed by atoms with van der Waals surface area (Å²) in [7, 11) is 0. The Morgan fingerprint density at radius 3 is 2.48 bits per heavy atom. The fraction of sp³-hybridized carbons (Fsp3) is 0.143. The molecule has 1 aromatic heterocycles. The van der Waals surface area contributed by atoms with Gasteiger partial charge in [0, 0.05) is 12.3 Å². The maximum atomic E-state index is 12.4. The molecule has 0 bridgehead atoms. The van der Waals surface area contributed by atoms with E-state index in [-0.39, 0.29) is 17.2 Å². The average Bonchev–Trinajstić information content (AvgIpc) is 2.38. The molecule has 0 saturated carbocycles. The van der Waals surface area contributed by atoms with Gasteiger partial charge in [-0.15, -0.1) is 0 Å². The van der Waals surface area contributed by atoms with Gasteiger partial charge in [-0.1, -0.05) is 6.07 Å². The van der Waals surface area contributed by atoms with E-state index >= 15 is 0 Å². The first kappa shape index (κ1) is 14.8. The van der Waals surface area contributed by atoms with E-state index in [1.54, 1.807) is 13.0 Å². The Hall–Kier alpha value is -2.57. The number of aromatic carboxylic acids is 1. The van der Waals surface area contributed by atoms with E-state index in [4.69, 9.17) is 9.84 Å². The lowest BCUT2D eigenvalue weighted by Crippen LogP contribution is -2.05. The van der Waals surface area contributed by atoms with Crippen molar-refractivity contribution in [2.45, 2.75) is 13.1 Å². The molecular formula is C14H10F3NO3. The summed E-state index contributed by atoms with van der Waals surface area (Å²) < 4.78 is 42.5. The number of aromatic nitrogens is 1. The van der Waals surface area contributed by atoms with Gasteiger partial charge in [0.15, 0.2) is 0 Å². The van der Waals surface area contributed by atoms with Gasteiger partial charge < -0.3 is 9.84 Å². The van der Waals surface area contributed by atoms with Crippen LogP contribution in [0.1, 0.15) is 21.5 Å². The number of alkyl halides is 3. The van der Waals surface area contributed by atoms with Crippen LogP contribution in [0.25, 0.3) is 0 Å². The van der Waals surface area contributed by atoms with Gasteiger partial charge in [-0.25, -0.2) is 9.78 Å². The fourth-order valence-corrected chi connectivity index (χ4v) is 1.61. The zero-order valence-corrected chi connectivity index (χ0v) is 10.8. The Labute approximate surface area is 117 Å². The highest BCUT2D eigenvalue weighted by atomic mass is 19.4. The van der Waals surface area contributed by atoms with Crippen LogP contribution in [0, 0.1) is 6.92 Å². The number of nitrogens with zero attached hydrogens (tertiary/aromatic N) is 1. The second kappa shape index (κ2) is 5.43. The van der Waals surface area contributed by atoms with E-state index in [1.165, 1.54) is 12.1 Å². The first-order valence-electron chi connectivity index (χ1n) is 5.82. The van der Waals surface area contributed by atoms with Crippen molar-refractivity contribution in [3.8, 4) is 11.6 Å². The zero-order chi connectivity index (χ0) is 15.6. The molecule has 2 rings (SSSR count).